The van der Waals surface area contributed by atoms with Crippen molar-refractivity contribution in [2.24, 2.45) is 11.8 Å². The minimum atomic E-state index is 0.798. The molecule has 0 aliphatic carbocycles. The van der Waals surface area contributed by atoms with E-state index in [4.69, 9.17) is 0 Å². The topological polar surface area (TPSA) is 0 Å². The normalized spacial score (nSPS) is 13.8. The van der Waals surface area contributed by atoms with E-state index in [1.165, 1.54) is 12.8 Å². The molecule has 0 nitrogen and oxygen atoms in total. The molecule has 0 radical (unpaired) electrons. The fourth-order valence-electron chi connectivity index (χ4n) is 1.57. The fraction of sp³-hybridized carbons (Fsp3) is 0.800. The molecule has 0 unspecified atom stereocenters. The van der Waals surface area contributed by atoms with Crippen molar-refractivity contribution in [3.8, 4) is 0 Å². The highest BCUT2D eigenvalue weighted by molar-refractivity contribution is 6.31. The zero-order valence-electron chi connectivity index (χ0n) is 9.57. The lowest BCUT2D eigenvalue weighted by Crippen LogP contribution is -2.00. The van der Waals surface area contributed by atoms with Gasteiger partial charge in [0.2, 0.25) is 0 Å². The lowest BCUT2D eigenvalue weighted by atomic mass is 9.74. The minimum absolute atomic E-state index is 0.798. The van der Waals surface area contributed by atoms with Gasteiger partial charge < -0.3 is 0 Å². The SMILES string of the molecule is B/C(CC(C)C)=C(\B)CC(C)C. The lowest BCUT2D eigenvalue weighted by molar-refractivity contribution is 0.633. The Morgan fingerprint density at radius 3 is 1.25 bits per heavy atom. The molecular formula is C10H22B2. The van der Waals surface area contributed by atoms with E-state index >= 15 is 0 Å². The molecule has 0 aromatic rings. The largest absolute Gasteiger partial charge is 0.132 e. The third-order valence-corrected chi connectivity index (χ3v) is 2.16. The van der Waals surface area contributed by atoms with Gasteiger partial charge >= 0.3 is 0 Å². The van der Waals surface area contributed by atoms with Crippen LogP contribution in [0.25, 0.3) is 0 Å². The third-order valence-electron chi connectivity index (χ3n) is 2.16. The van der Waals surface area contributed by atoms with Crippen LogP contribution in [-0.4, -0.2) is 15.7 Å². The van der Waals surface area contributed by atoms with Crippen molar-refractivity contribution in [3.63, 3.8) is 0 Å². The van der Waals surface area contributed by atoms with Gasteiger partial charge in [0, 0.05) is 0 Å². The molecule has 0 N–H and O–H groups in total. The van der Waals surface area contributed by atoms with Crippen LogP contribution in [0.3, 0.4) is 0 Å². The molecule has 0 aromatic carbocycles. The van der Waals surface area contributed by atoms with Crippen LogP contribution in [0.15, 0.2) is 10.9 Å². The molecule has 2 heteroatoms. The molecule has 0 aromatic heterocycles. The van der Waals surface area contributed by atoms with Gasteiger partial charge in [-0.25, -0.2) is 0 Å². The molecule has 0 saturated carbocycles. The number of hydrogen-bond acceptors (Lipinski definition) is 0. The van der Waals surface area contributed by atoms with Crippen molar-refractivity contribution in [2.45, 2.75) is 40.5 Å². The Labute approximate surface area is 79.6 Å². The van der Waals surface area contributed by atoms with E-state index < -0.39 is 0 Å². The van der Waals surface area contributed by atoms with E-state index in [0.29, 0.717) is 0 Å². The van der Waals surface area contributed by atoms with Gasteiger partial charge in [0.05, 0.1) is 0 Å². The van der Waals surface area contributed by atoms with Crippen LogP contribution < -0.4 is 0 Å². The molecule has 0 saturated heterocycles. The molecule has 0 aliphatic heterocycles. The molecule has 0 spiro atoms. The Hall–Kier alpha value is -0.130. The maximum atomic E-state index is 2.28. The second-order valence-electron chi connectivity index (χ2n) is 4.76. The van der Waals surface area contributed by atoms with Crippen molar-refractivity contribution in [1.82, 2.24) is 0 Å². The van der Waals surface area contributed by atoms with Gasteiger partial charge in [-0.15, -0.1) is 10.9 Å². The molecular weight excluding hydrogens is 142 g/mol. The van der Waals surface area contributed by atoms with Gasteiger partial charge in [-0.1, -0.05) is 27.7 Å². The van der Waals surface area contributed by atoms with Gasteiger partial charge in [-0.05, 0) is 24.7 Å². The van der Waals surface area contributed by atoms with Crippen LogP contribution >= 0.6 is 0 Å². The smallest absolute Gasteiger partial charge is 0.120 e. The number of hydrogen-bond donors (Lipinski definition) is 0. The van der Waals surface area contributed by atoms with Gasteiger partial charge in [-0.2, -0.15) is 0 Å². The first kappa shape index (κ1) is 11.9. The first-order valence-electron chi connectivity index (χ1n) is 5.08. The summed E-state index contributed by atoms with van der Waals surface area (Å²) in [6.07, 6.45) is 2.52. The summed E-state index contributed by atoms with van der Waals surface area (Å²) in [7, 11) is 4.55. The molecule has 0 amide bonds. The van der Waals surface area contributed by atoms with Crippen molar-refractivity contribution in [1.29, 1.82) is 0 Å². The van der Waals surface area contributed by atoms with Crippen LogP contribution in [0.5, 0.6) is 0 Å². The quantitative estimate of drug-likeness (QED) is 0.553. The Morgan fingerprint density at radius 2 is 1.08 bits per heavy atom. The van der Waals surface area contributed by atoms with Gasteiger partial charge in [0.15, 0.2) is 0 Å². The highest BCUT2D eigenvalue weighted by Gasteiger charge is 2.02. The first-order chi connectivity index (χ1) is 5.43. The Balaban J connectivity index is 4.06. The molecule has 12 heavy (non-hydrogen) atoms. The van der Waals surface area contributed by atoms with E-state index in [2.05, 4.69) is 43.4 Å². The Kier molecular flexibility index (Phi) is 5.44. The fourth-order valence-corrected chi connectivity index (χ4v) is 1.57. The second-order valence-corrected chi connectivity index (χ2v) is 4.76. The van der Waals surface area contributed by atoms with E-state index in [-0.39, 0.29) is 0 Å². The van der Waals surface area contributed by atoms with Crippen molar-refractivity contribution >= 4 is 15.7 Å². The van der Waals surface area contributed by atoms with Crippen LogP contribution in [0.2, 0.25) is 0 Å². The van der Waals surface area contributed by atoms with Gasteiger partial charge in [0.25, 0.3) is 0 Å². The summed E-state index contributed by atoms with van der Waals surface area (Å²) < 4.78 is 0. The summed E-state index contributed by atoms with van der Waals surface area (Å²) >= 11 is 0. The molecule has 68 valence electrons. The number of allylic oxidation sites excluding steroid dienone is 2. The van der Waals surface area contributed by atoms with Crippen LogP contribution in [0, 0.1) is 11.8 Å². The minimum Gasteiger partial charge on any atom is -0.120 e. The molecule has 0 aliphatic rings. The van der Waals surface area contributed by atoms with Crippen molar-refractivity contribution in [3.05, 3.63) is 10.9 Å². The number of rotatable bonds is 4. The Bertz CT molecular complexity index is 139. The summed E-state index contributed by atoms with van der Waals surface area (Å²) in [6.45, 7) is 9.14. The predicted molar refractivity (Wildman–Crippen MR) is 63.0 cm³/mol. The highest BCUT2D eigenvalue weighted by atomic mass is 14.0. The third kappa shape index (κ3) is 5.51. The van der Waals surface area contributed by atoms with E-state index in [9.17, 15) is 0 Å². The standard InChI is InChI=1S/C10H22B2/c1-7(2)5-9(11)10(12)6-8(3)4/h7-8H,5-6,11-12H2,1-4H3/b10-9-. The van der Waals surface area contributed by atoms with E-state index in [1.54, 1.807) is 10.9 Å². The zero-order chi connectivity index (χ0) is 9.72. The second kappa shape index (κ2) is 5.50. The first-order valence-corrected chi connectivity index (χ1v) is 5.08. The van der Waals surface area contributed by atoms with Crippen LogP contribution in [0.1, 0.15) is 40.5 Å². The average Bonchev–Trinajstić information content (AvgIpc) is 1.84. The summed E-state index contributed by atoms with van der Waals surface area (Å²) in [4.78, 5) is 0. The monoisotopic (exact) mass is 164 g/mol. The lowest BCUT2D eigenvalue weighted by Gasteiger charge is -2.12. The summed E-state index contributed by atoms with van der Waals surface area (Å²) in [6, 6.07) is 0. The van der Waals surface area contributed by atoms with E-state index in [0.717, 1.165) is 11.8 Å². The molecule has 0 atom stereocenters. The van der Waals surface area contributed by atoms with Gasteiger partial charge in [0.1, 0.15) is 15.7 Å². The average molecular weight is 164 g/mol. The van der Waals surface area contributed by atoms with Crippen LogP contribution in [0.4, 0.5) is 0 Å². The zero-order valence-corrected chi connectivity index (χ0v) is 9.57. The highest BCUT2D eigenvalue weighted by Crippen LogP contribution is 2.15. The molecule has 0 bridgehead atoms. The molecule has 0 heterocycles. The van der Waals surface area contributed by atoms with Crippen molar-refractivity contribution < 1.29 is 0 Å². The maximum absolute atomic E-state index is 2.28. The predicted octanol–water partition coefficient (Wildman–Crippen LogP) is 1.56. The van der Waals surface area contributed by atoms with E-state index in [1.807, 2.05) is 0 Å². The molecule has 0 rings (SSSR count). The van der Waals surface area contributed by atoms with Crippen LogP contribution in [-0.2, 0) is 0 Å². The molecule has 0 fully saturated rings. The Morgan fingerprint density at radius 1 is 0.833 bits per heavy atom. The van der Waals surface area contributed by atoms with Gasteiger partial charge in [-0.3, -0.25) is 0 Å². The van der Waals surface area contributed by atoms with Crippen molar-refractivity contribution in [2.75, 3.05) is 0 Å². The summed E-state index contributed by atoms with van der Waals surface area (Å²) in [5.74, 6) is 1.60. The maximum Gasteiger partial charge on any atom is 0.132 e. The summed E-state index contributed by atoms with van der Waals surface area (Å²) in [5.41, 5.74) is 3.19. The summed E-state index contributed by atoms with van der Waals surface area (Å²) in [5, 5.41) is 0.